The molecule has 176 valence electrons. The Bertz CT molecular complexity index is 1190. The number of thiophene rings is 1. The second-order valence-corrected chi connectivity index (χ2v) is 9.37. The predicted molar refractivity (Wildman–Crippen MR) is 131 cm³/mol. The standard InChI is InChI=1S/C27H27NO5S/c1-17-6-9-21(10-7-17)28-25(30)13-11-22(26(28)24-5-4-14-34-24)27(31)33-16-20-15-19(18(2)29)8-12-23(20)32-3/h4-10,12,14-15,22,26H,11,13,16H2,1-3H3. The fraction of sp³-hybridized carbons (Fsp3) is 0.296. The van der Waals surface area contributed by atoms with E-state index < -0.39 is 12.0 Å². The summed E-state index contributed by atoms with van der Waals surface area (Å²) in [6, 6.07) is 16.3. The van der Waals surface area contributed by atoms with Crippen molar-refractivity contribution in [2.75, 3.05) is 12.0 Å². The van der Waals surface area contributed by atoms with Gasteiger partial charge in [0.2, 0.25) is 5.91 Å². The van der Waals surface area contributed by atoms with Crippen LogP contribution in [-0.2, 0) is 20.9 Å². The lowest BCUT2D eigenvalue weighted by atomic mass is 9.87. The number of carbonyl (C=O) groups excluding carboxylic acids is 3. The van der Waals surface area contributed by atoms with Gasteiger partial charge in [0, 0.05) is 28.1 Å². The zero-order valence-electron chi connectivity index (χ0n) is 19.4. The maximum absolute atomic E-state index is 13.4. The molecule has 1 aliphatic rings. The lowest BCUT2D eigenvalue weighted by molar-refractivity contribution is -0.152. The summed E-state index contributed by atoms with van der Waals surface area (Å²) in [5.41, 5.74) is 3.01. The van der Waals surface area contributed by atoms with Crippen LogP contribution in [0.1, 0.15) is 52.2 Å². The Hall–Kier alpha value is -3.45. The molecule has 0 bridgehead atoms. The molecule has 1 aliphatic heterocycles. The number of Topliss-reactive ketones (excluding diaryl/α,β-unsaturated/α-hetero) is 1. The Balaban J connectivity index is 1.61. The molecule has 0 N–H and O–H groups in total. The third-order valence-electron chi connectivity index (χ3n) is 6.10. The van der Waals surface area contributed by atoms with Crippen molar-refractivity contribution in [3.8, 4) is 5.75 Å². The van der Waals surface area contributed by atoms with Crippen LogP contribution in [0.15, 0.2) is 60.0 Å². The Morgan fingerprint density at radius 1 is 1.12 bits per heavy atom. The first-order valence-corrected chi connectivity index (χ1v) is 12.0. The molecule has 3 aromatic rings. The SMILES string of the molecule is COc1ccc(C(C)=O)cc1COC(=O)C1CCC(=O)N(c2ccc(C)cc2)C1c1cccs1. The summed E-state index contributed by atoms with van der Waals surface area (Å²) < 4.78 is 11.1. The van der Waals surface area contributed by atoms with E-state index in [-0.39, 0.29) is 30.7 Å². The summed E-state index contributed by atoms with van der Waals surface area (Å²) in [4.78, 5) is 40.9. The molecule has 2 aromatic carbocycles. The van der Waals surface area contributed by atoms with Gasteiger partial charge in [-0.3, -0.25) is 14.4 Å². The molecule has 1 saturated heterocycles. The van der Waals surface area contributed by atoms with Gasteiger partial charge in [0.05, 0.1) is 19.1 Å². The van der Waals surface area contributed by atoms with Crippen molar-refractivity contribution in [3.05, 3.63) is 81.5 Å². The maximum atomic E-state index is 13.4. The van der Waals surface area contributed by atoms with E-state index in [1.807, 2.05) is 48.7 Å². The van der Waals surface area contributed by atoms with Gasteiger partial charge in [0.15, 0.2) is 5.78 Å². The third kappa shape index (κ3) is 4.89. The maximum Gasteiger partial charge on any atom is 0.311 e. The van der Waals surface area contributed by atoms with Gasteiger partial charge in [0.1, 0.15) is 12.4 Å². The molecule has 0 radical (unpaired) electrons. The molecule has 2 heterocycles. The quantitative estimate of drug-likeness (QED) is 0.332. The molecule has 1 aromatic heterocycles. The number of aryl methyl sites for hydroxylation is 1. The van der Waals surface area contributed by atoms with Crippen molar-refractivity contribution < 1.29 is 23.9 Å². The van der Waals surface area contributed by atoms with Crippen molar-refractivity contribution in [2.24, 2.45) is 5.92 Å². The topological polar surface area (TPSA) is 72.9 Å². The average Bonchev–Trinajstić information content (AvgIpc) is 3.37. The van der Waals surface area contributed by atoms with Gasteiger partial charge in [-0.05, 0) is 62.0 Å². The molecule has 1 fully saturated rings. The van der Waals surface area contributed by atoms with Crippen LogP contribution in [0, 0.1) is 12.8 Å². The summed E-state index contributed by atoms with van der Waals surface area (Å²) in [7, 11) is 1.53. The first-order valence-electron chi connectivity index (χ1n) is 11.2. The van der Waals surface area contributed by atoms with Gasteiger partial charge in [-0.1, -0.05) is 23.8 Å². The summed E-state index contributed by atoms with van der Waals surface area (Å²) in [5.74, 6) is -0.430. The fourth-order valence-corrected chi connectivity index (χ4v) is 5.18. The summed E-state index contributed by atoms with van der Waals surface area (Å²) in [6.45, 7) is 3.46. The number of piperidine rings is 1. The molecule has 0 aliphatic carbocycles. The highest BCUT2D eigenvalue weighted by Gasteiger charge is 2.42. The van der Waals surface area contributed by atoms with Gasteiger partial charge in [-0.25, -0.2) is 0 Å². The average molecular weight is 478 g/mol. The zero-order chi connectivity index (χ0) is 24.2. The number of carbonyl (C=O) groups is 3. The second-order valence-electron chi connectivity index (χ2n) is 8.40. The van der Waals surface area contributed by atoms with Gasteiger partial charge >= 0.3 is 5.97 Å². The number of methoxy groups -OCH3 is 1. The summed E-state index contributed by atoms with van der Waals surface area (Å²) in [6.07, 6.45) is 0.672. The lowest BCUT2D eigenvalue weighted by Crippen LogP contribution is -2.45. The lowest BCUT2D eigenvalue weighted by Gasteiger charge is -2.39. The van der Waals surface area contributed by atoms with E-state index in [1.54, 1.807) is 23.1 Å². The molecule has 6 nitrogen and oxygen atoms in total. The molecule has 7 heteroatoms. The number of anilines is 1. The molecule has 2 unspecified atom stereocenters. The van der Waals surface area contributed by atoms with Crippen LogP contribution >= 0.6 is 11.3 Å². The molecule has 1 amide bonds. The molecule has 2 atom stereocenters. The van der Waals surface area contributed by atoms with Crippen LogP contribution in [0.4, 0.5) is 5.69 Å². The first-order chi connectivity index (χ1) is 16.4. The van der Waals surface area contributed by atoms with Gasteiger partial charge < -0.3 is 14.4 Å². The van der Waals surface area contributed by atoms with Crippen LogP contribution in [0.3, 0.4) is 0 Å². The zero-order valence-corrected chi connectivity index (χ0v) is 20.3. The Kier molecular flexibility index (Phi) is 7.12. The highest BCUT2D eigenvalue weighted by molar-refractivity contribution is 7.10. The normalized spacial score (nSPS) is 18.0. The van der Waals surface area contributed by atoms with E-state index in [9.17, 15) is 14.4 Å². The molecular weight excluding hydrogens is 450 g/mol. The molecule has 0 spiro atoms. The van der Waals surface area contributed by atoms with E-state index in [4.69, 9.17) is 9.47 Å². The number of hydrogen-bond donors (Lipinski definition) is 0. The van der Waals surface area contributed by atoms with Crippen LogP contribution < -0.4 is 9.64 Å². The Morgan fingerprint density at radius 2 is 1.88 bits per heavy atom. The van der Waals surface area contributed by atoms with E-state index in [0.717, 1.165) is 16.1 Å². The minimum absolute atomic E-state index is 0.0119. The van der Waals surface area contributed by atoms with E-state index in [2.05, 4.69) is 0 Å². The Morgan fingerprint density at radius 3 is 2.53 bits per heavy atom. The van der Waals surface area contributed by atoms with Crippen molar-refractivity contribution in [1.82, 2.24) is 0 Å². The minimum Gasteiger partial charge on any atom is -0.496 e. The predicted octanol–water partition coefficient (Wildman–Crippen LogP) is 5.50. The second kappa shape index (κ2) is 10.2. The van der Waals surface area contributed by atoms with Crippen molar-refractivity contribution >= 4 is 34.7 Å². The fourth-order valence-electron chi connectivity index (χ4n) is 4.30. The first kappa shape index (κ1) is 23.7. The van der Waals surface area contributed by atoms with Crippen LogP contribution in [0.5, 0.6) is 5.75 Å². The van der Waals surface area contributed by atoms with Crippen molar-refractivity contribution in [1.29, 1.82) is 0 Å². The third-order valence-corrected chi connectivity index (χ3v) is 7.05. The molecular formula is C27H27NO5S. The van der Waals surface area contributed by atoms with Crippen molar-refractivity contribution in [2.45, 2.75) is 39.3 Å². The van der Waals surface area contributed by atoms with Crippen LogP contribution in [0.2, 0.25) is 0 Å². The number of ketones is 1. The van der Waals surface area contributed by atoms with Gasteiger partial charge in [-0.2, -0.15) is 0 Å². The molecule has 0 saturated carbocycles. The number of nitrogens with zero attached hydrogens (tertiary/aromatic N) is 1. The summed E-state index contributed by atoms with van der Waals surface area (Å²) in [5, 5.41) is 1.95. The number of esters is 1. The highest BCUT2D eigenvalue weighted by atomic mass is 32.1. The number of benzene rings is 2. The minimum atomic E-state index is -0.514. The van der Waals surface area contributed by atoms with Gasteiger partial charge in [-0.15, -0.1) is 11.3 Å². The van der Waals surface area contributed by atoms with Crippen molar-refractivity contribution in [3.63, 3.8) is 0 Å². The van der Waals surface area contributed by atoms with Crippen LogP contribution in [0.25, 0.3) is 0 Å². The number of ether oxygens (including phenoxy) is 2. The van der Waals surface area contributed by atoms with Crippen LogP contribution in [-0.4, -0.2) is 24.8 Å². The molecule has 4 rings (SSSR count). The Labute approximate surface area is 203 Å². The largest absolute Gasteiger partial charge is 0.496 e. The monoisotopic (exact) mass is 477 g/mol. The van der Waals surface area contributed by atoms with E-state index in [1.165, 1.54) is 25.4 Å². The van der Waals surface area contributed by atoms with E-state index >= 15 is 0 Å². The number of rotatable bonds is 7. The smallest absolute Gasteiger partial charge is 0.311 e. The summed E-state index contributed by atoms with van der Waals surface area (Å²) >= 11 is 1.52. The number of hydrogen-bond acceptors (Lipinski definition) is 6. The number of amides is 1. The molecule has 34 heavy (non-hydrogen) atoms. The van der Waals surface area contributed by atoms with E-state index in [0.29, 0.717) is 23.3 Å². The highest BCUT2D eigenvalue weighted by Crippen LogP contribution is 2.42. The van der Waals surface area contributed by atoms with Gasteiger partial charge in [0.25, 0.3) is 0 Å².